The number of carboxylic acid groups (broad SMARTS) is 1. The van der Waals surface area contributed by atoms with E-state index in [0.29, 0.717) is 16.5 Å². The van der Waals surface area contributed by atoms with Crippen molar-refractivity contribution in [2.24, 2.45) is 7.05 Å². The maximum atomic E-state index is 12.6. The van der Waals surface area contributed by atoms with Gasteiger partial charge in [-0.1, -0.05) is 23.7 Å². The predicted octanol–water partition coefficient (Wildman–Crippen LogP) is 7.98. The number of benzene rings is 3. The Morgan fingerprint density at radius 2 is 1.79 bits per heavy atom. The number of hydrogen-bond donors (Lipinski definition) is 1. The zero-order chi connectivity index (χ0) is 30.2. The number of rotatable bonds is 7. The summed E-state index contributed by atoms with van der Waals surface area (Å²) in [6, 6.07) is 16.0. The molecule has 9 heteroatoms. The molecule has 1 aliphatic carbocycles. The van der Waals surface area contributed by atoms with Crippen molar-refractivity contribution in [1.82, 2.24) is 19.7 Å². The fraction of sp³-hybridized carbons (Fsp3) is 0.382. The minimum Gasteiger partial charge on any atom is -0.479 e. The van der Waals surface area contributed by atoms with Crippen molar-refractivity contribution >= 4 is 50.0 Å². The largest absolute Gasteiger partial charge is 0.479 e. The molecule has 0 spiro atoms. The fourth-order valence-corrected chi connectivity index (χ4v) is 7.40. The van der Waals surface area contributed by atoms with Crippen LogP contribution in [0.5, 0.6) is 0 Å². The van der Waals surface area contributed by atoms with Gasteiger partial charge in [0.2, 0.25) is 0 Å². The van der Waals surface area contributed by atoms with Crippen LogP contribution in [0.4, 0.5) is 0 Å². The Balaban J connectivity index is 1.36. The molecule has 7 rings (SSSR count). The predicted molar refractivity (Wildman–Crippen MR) is 173 cm³/mol. The summed E-state index contributed by atoms with van der Waals surface area (Å²) in [5, 5.41) is 17.9. The van der Waals surface area contributed by atoms with Gasteiger partial charge in [0.1, 0.15) is 5.01 Å². The Labute approximate surface area is 260 Å². The molecule has 1 saturated carbocycles. The average molecular weight is 615 g/mol. The third kappa shape index (κ3) is 5.14. The number of aromatic nitrogens is 3. The van der Waals surface area contributed by atoms with E-state index in [0.717, 1.165) is 80.0 Å². The maximum absolute atomic E-state index is 12.6. The maximum Gasteiger partial charge on any atom is 0.337 e. The Hall–Kier alpha value is -3.30. The summed E-state index contributed by atoms with van der Waals surface area (Å²) in [6.45, 7) is 10.7. The topological polar surface area (TPSA) is 80.5 Å². The molecule has 7 nitrogen and oxygen atoms in total. The number of aryl methyl sites for hydroxylation is 2. The first-order valence-corrected chi connectivity index (χ1v) is 16.0. The van der Waals surface area contributed by atoms with Crippen molar-refractivity contribution in [3.05, 3.63) is 70.4 Å². The highest BCUT2D eigenvalue weighted by Gasteiger charge is 2.38. The smallest absolute Gasteiger partial charge is 0.337 e. The number of thiazole rings is 1. The number of hydrogen-bond acceptors (Lipinski definition) is 6. The zero-order valence-electron chi connectivity index (χ0n) is 25.0. The van der Waals surface area contributed by atoms with E-state index >= 15 is 0 Å². The number of likely N-dealkylation sites (tertiary alicyclic amines) is 1. The summed E-state index contributed by atoms with van der Waals surface area (Å²) in [5.41, 5.74) is 7.54. The molecule has 2 aromatic heterocycles. The van der Waals surface area contributed by atoms with E-state index in [2.05, 4.69) is 43.9 Å². The van der Waals surface area contributed by atoms with Gasteiger partial charge in [-0.2, -0.15) is 5.10 Å². The van der Waals surface area contributed by atoms with Crippen LogP contribution in [0, 0.1) is 6.92 Å². The molecule has 5 aromatic rings. The van der Waals surface area contributed by atoms with Crippen LogP contribution in [0.3, 0.4) is 0 Å². The molecule has 0 bridgehead atoms. The first kappa shape index (κ1) is 28.5. The summed E-state index contributed by atoms with van der Waals surface area (Å²) in [5.74, 6) is -0.584. The molecule has 2 aliphatic rings. The minimum atomic E-state index is -1.06. The van der Waals surface area contributed by atoms with E-state index in [1.807, 2.05) is 49.0 Å². The van der Waals surface area contributed by atoms with Crippen LogP contribution in [0.15, 0.2) is 48.5 Å². The average Bonchev–Trinajstić information content (AvgIpc) is 3.56. The standard InChI is InChI=1S/C34H35ClN4O3S/c1-18-14-25-31(28(19-6-9-22(35)10-7-19)27(18)30(33(40)41)42-23-11-12-23)43-32(36-25)20-8-13-26-24(15-20)29(37-38(26)5)21-16-39(17-21)34(2,3)4/h6-10,13-15,21,23,30H,11-12,16-17H2,1-5H3,(H,40,41). The molecule has 1 unspecified atom stereocenters. The van der Waals surface area contributed by atoms with E-state index in [9.17, 15) is 9.90 Å². The quantitative estimate of drug-likeness (QED) is 0.200. The number of halogens is 1. The third-order valence-corrected chi connectivity index (χ3v) is 10.1. The van der Waals surface area contributed by atoms with Gasteiger partial charge in [0, 0.05) is 58.7 Å². The second-order valence-electron chi connectivity index (χ2n) is 12.9. The molecule has 2 fully saturated rings. The van der Waals surface area contributed by atoms with Crippen molar-refractivity contribution in [3.63, 3.8) is 0 Å². The fourth-order valence-electron chi connectivity index (χ4n) is 6.15. The molecule has 3 heterocycles. The van der Waals surface area contributed by atoms with E-state index in [1.54, 1.807) is 11.3 Å². The van der Waals surface area contributed by atoms with Gasteiger partial charge in [-0.25, -0.2) is 9.78 Å². The lowest BCUT2D eigenvalue weighted by atomic mass is 9.88. The van der Waals surface area contributed by atoms with Crippen molar-refractivity contribution in [3.8, 4) is 21.7 Å². The van der Waals surface area contributed by atoms with Crippen LogP contribution in [0.2, 0.25) is 5.02 Å². The number of carbonyl (C=O) groups is 1. The van der Waals surface area contributed by atoms with Gasteiger partial charge in [0.15, 0.2) is 6.10 Å². The minimum absolute atomic E-state index is 0.0159. The SMILES string of the molecule is Cc1cc2nc(-c3ccc4c(c3)c(C3CN(C(C)(C)C)C3)nn4C)sc2c(-c2ccc(Cl)cc2)c1C(OC1CC1)C(=O)O. The first-order valence-electron chi connectivity index (χ1n) is 14.8. The van der Waals surface area contributed by atoms with Crippen molar-refractivity contribution < 1.29 is 14.6 Å². The van der Waals surface area contributed by atoms with Gasteiger partial charge < -0.3 is 9.84 Å². The molecular formula is C34H35ClN4O3S. The van der Waals surface area contributed by atoms with Crippen molar-refractivity contribution in [2.75, 3.05) is 13.1 Å². The van der Waals surface area contributed by atoms with E-state index in [-0.39, 0.29) is 11.6 Å². The van der Waals surface area contributed by atoms with Crippen LogP contribution < -0.4 is 0 Å². The number of ether oxygens (including phenoxy) is 1. The van der Waals surface area contributed by atoms with Crippen LogP contribution in [-0.4, -0.2) is 55.5 Å². The van der Waals surface area contributed by atoms with Crippen molar-refractivity contribution in [2.45, 2.75) is 64.2 Å². The molecule has 1 aliphatic heterocycles. The van der Waals surface area contributed by atoms with E-state index in [1.165, 1.54) is 0 Å². The molecule has 43 heavy (non-hydrogen) atoms. The van der Waals surface area contributed by atoms with Crippen molar-refractivity contribution in [1.29, 1.82) is 0 Å². The van der Waals surface area contributed by atoms with Crippen LogP contribution in [0.1, 0.15) is 62.5 Å². The highest BCUT2D eigenvalue weighted by molar-refractivity contribution is 7.22. The second kappa shape index (κ2) is 10.4. The molecule has 0 radical (unpaired) electrons. The molecule has 222 valence electrons. The van der Waals surface area contributed by atoms with Crippen LogP contribution in [0.25, 0.3) is 42.8 Å². The normalized spacial score (nSPS) is 17.1. The Bertz CT molecular complexity index is 1880. The lowest BCUT2D eigenvalue weighted by Crippen LogP contribution is -2.54. The summed E-state index contributed by atoms with van der Waals surface area (Å²) in [7, 11) is 2.01. The van der Waals surface area contributed by atoms with Crippen LogP contribution >= 0.6 is 22.9 Å². The highest BCUT2D eigenvalue weighted by atomic mass is 35.5. The van der Waals surface area contributed by atoms with Gasteiger partial charge in [0.05, 0.1) is 27.5 Å². The molecule has 1 N–H and O–H groups in total. The first-order chi connectivity index (χ1) is 20.5. The monoisotopic (exact) mass is 614 g/mol. The summed E-state index contributed by atoms with van der Waals surface area (Å²) in [6.07, 6.45) is 0.704. The Kier molecular flexibility index (Phi) is 6.89. The molecule has 1 saturated heterocycles. The number of carboxylic acids is 1. The third-order valence-electron chi connectivity index (χ3n) is 8.74. The van der Waals surface area contributed by atoms with Gasteiger partial charge in [-0.05, 0) is 88.1 Å². The zero-order valence-corrected chi connectivity index (χ0v) is 26.6. The Morgan fingerprint density at radius 1 is 1.09 bits per heavy atom. The van der Waals surface area contributed by atoms with Gasteiger partial charge >= 0.3 is 5.97 Å². The summed E-state index contributed by atoms with van der Waals surface area (Å²) < 4.78 is 9.01. The number of aliphatic carboxylic acids is 1. The summed E-state index contributed by atoms with van der Waals surface area (Å²) in [4.78, 5) is 20.2. The lowest BCUT2D eigenvalue weighted by molar-refractivity contribution is -0.151. The Morgan fingerprint density at radius 3 is 2.44 bits per heavy atom. The molecule has 3 aromatic carbocycles. The second-order valence-corrected chi connectivity index (χ2v) is 14.4. The number of nitrogens with zero attached hydrogens (tertiary/aromatic N) is 4. The number of fused-ring (bicyclic) bond motifs is 2. The van der Waals surface area contributed by atoms with Gasteiger partial charge in [-0.3, -0.25) is 9.58 Å². The van der Waals surface area contributed by atoms with E-state index < -0.39 is 12.1 Å². The highest BCUT2D eigenvalue weighted by Crippen LogP contribution is 2.45. The molecular weight excluding hydrogens is 580 g/mol. The lowest BCUT2D eigenvalue weighted by Gasteiger charge is -2.47. The summed E-state index contributed by atoms with van der Waals surface area (Å²) >= 11 is 7.84. The van der Waals surface area contributed by atoms with Gasteiger partial charge in [-0.15, -0.1) is 11.3 Å². The molecule has 0 amide bonds. The van der Waals surface area contributed by atoms with Crippen LogP contribution in [-0.2, 0) is 16.6 Å². The molecule has 1 atom stereocenters. The van der Waals surface area contributed by atoms with Gasteiger partial charge in [0.25, 0.3) is 0 Å². The van der Waals surface area contributed by atoms with E-state index in [4.69, 9.17) is 26.4 Å².